The Morgan fingerprint density at radius 2 is 1.86 bits per heavy atom. The van der Waals surface area contributed by atoms with Crippen molar-refractivity contribution in [3.8, 4) is 5.75 Å². The van der Waals surface area contributed by atoms with Crippen LogP contribution in [0.3, 0.4) is 0 Å². The zero-order valence-corrected chi connectivity index (χ0v) is 16.8. The first kappa shape index (κ1) is 19.7. The molecule has 1 heterocycles. The van der Waals surface area contributed by atoms with Gasteiger partial charge in [-0.1, -0.05) is 56.3 Å². The molecule has 2 aromatic carbocycles. The molecule has 28 heavy (non-hydrogen) atoms. The van der Waals surface area contributed by atoms with E-state index in [4.69, 9.17) is 4.74 Å². The molecule has 0 aliphatic carbocycles. The number of carbonyl (C=O) groups excluding carboxylic acids is 1. The Labute approximate surface area is 166 Å². The lowest BCUT2D eigenvalue weighted by Gasteiger charge is -2.19. The van der Waals surface area contributed by atoms with E-state index in [1.165, 1.54) is 0 Å². The fraction of sp³-hybridized carbons (Fsp3) is 0.304. The number of ether oxygens (including phenoxy) is 1. The molecule has 146 valence electrons. The lowest BCUT2D eigenvalue weighted by Crippen LogP contribution is -2.31. The second-order valence-electron chi connectivity index (χ2n) is 7.31. The van der Waals surface area contributed by atoms with Crippen LogP contribution in [0.5, 0.6) is 5.75 Å². The standard InChI is InChI=1S/C23H27N3O2/c1-16(2)20-11-10-17(3)14-21(20)28-18(4)23(27)25-22-12-13-24-26(22)15-19-8-6-5-7-9-19/h5-14,16,18H,15H2,1-4H3,(H,25,27). The fourth-order valence-electron chi connectivity index (χ4n) is 3.01. The molecular weight excluding hydrogens is 350 g/mol. The highest BCUT2D eigenvalue weighted by Crippen LogP contribution is 2.28. The van der Waals surface area contributed by atoms with Gasteiger partial charge in [0.1, 0.15) is 11.6 Å². The van der Waals surface area contributed by atoms with Crippen molar-refractivity contribution in [1.29, 1.82) is 0 Å². The van der Waals surface area contributed by atoms with Gasteiger partial charge in [-0.25, -0.2) is 4.68 Å². The summed E-state index contributed by atoms with van der Waals surface area (Å²) >= 11 is 0. The van der Waals surface area contributed by atoms with E-state index in [1.54, 1.807) is 23.9 Å². The molecule has 0 aliphatic rings. The van der Waals surface area contributed by atoms with E-state index in [9.17, 15) is 4.79 Å². The predicted octanol–water partition coefficient (Wildman–Crippen LogP) is 4.77. The number of benzene rings is 2. The minimum absolute atomic E-state index is 0.203. The Morgan fingerprint density at radius 1 is 1.11 bits per heavy atom. The maximum absolute atomic E-state index is 12.7. The highest BCUT2D eigenvalue weighted by Gasteiger charge is 2.19. The molecule has 0 radical (unpaired) electrons. The quantitative estimate of drug-likeness (QED) is 0.645. The number of amides is 1. The van der Waals surface area contributed by atoms with Crippen LogP contribution >= 0.6 is 0 Å². The molecule has 0 saturated heterocycles. The van der Waals surface area contributed by atoms with Crippen LogP contribution in [0.2, 0.25) is 0 Å². The number of nitrogens with one attached hydrogen (secondary N) is 1. The van der Waals surface area contributed by atoms with Gasteiger partial charge < -0.3 is 10.1 Å². The number of aryl methyl sites for hydroxylation is 1. The SMILES string of the molecule is Cc1ccc(C(C)C)c(OC(C)C(=O)Nc2ccnn2Cc2ccccc2)c1. The Hall–Kier alpha value is -3.08. The molecule has 5 heteroatoms. The molecule has 0 spiro atoms. The zero-order valence-electron chi connectivity index (χ0n) is 16.8. The first-order valence-electron chi connectivity index (χ1n) is 9.58. The van der Waals surface area contributed by atoms with Crippen LogP contribution in [-0.2, 0) is 11.3 Å². The molecule has 1 aromatic heterocycles. The van der Waals surface area contributed by atoms with Gasteiger partial charge in [-0.15, -0.1) is 0 Å². The van der Waals surface area contributed by atoms with E-state index in [0.29, 0.717) is 18.3 Å². The average molecular weight is 377 g/mol. The summed E-state index contributed by atoms with van der Waals surface area (Å²) in [6, 6.07) is 17.9. The first-order chi connectivity index (χ1) is 13.4. The molecular formula is C23H27N3O2. The van der Waals surface area contributed by atoms with Gasteiger partial charge in [-0.05, 0) is 42.5 Å². The molecule has 0 fully saturated rings. The van der Waals surface area contributed by atoms with Crippen molar-refractivity contribution in [2.24, 2.45) is 0 Å². The van der Waals surface area contributed by atoms with Gasteiger partial charge in [0.15, 0.2) is 6.10 Å². The molecule has 3 aromatic rings. The monoisotopic (exact) mass is 377 g/mol. The maximum atomic E-state index is 12.7. The second-order valence-corrected chi connectivity index (χ2v) is 7.31. The summed E-state index contributed by atoms with van der Waals surface area (Å²) in [5.74, 6) is 1.53. The van der Waals surface area contributed by atoms with E-state index in [2.05, 4.69) is 36.4 Å². The molecule has 0 saturated carbocycles. The van der Waals surface area contributed by atoms with Gasteiger partial charge in [0.25, 0.3) is 5.91 Å². The van der Waals surface area contributed by atoms with Gasteiger partial charge in [-0.3, -0.25) is 4.79 Å². The third kappa shape index (κ3) is 4.80. The summed E-state index contributed by atoms with van der Waals surface area (Å²) in [4.78, 5) is 12.7. The summed E-state index contributed by atoms with van der Waals surface area (Å²) < 4.78 is 7.78. The molecule has 3 rings (SSSR count). The summed E-state index contributed by atoms with van der Waals surface area (Å²) in [5.41, 5.74) is 3.32. The van der Waals surface area contributed by atoms with Gasteiger partial charge in [0.05, 0.1) is 12.7 Å². The second kappa shape index (κ2) is 8.74. The largest absolute Gasteiger partial charge is 0.481 e. The van der Waals surface area contributed by atoms with Crippen molar-refractivity contribution in [3.05, 3.63) is 77.5 Å². The molecule has 0 aliphatic heterocycles. The van der Waals surface area contributed by atoms with E-state index in [0.717, 1.165) is 22.4 Å². The van der Waals surface area contributed by atoms with E-state index < -0.39 is 6.10 Å². The topological polar surface area (TPSA) is 56.1 Å². The summed E-state index contributed by atoms with van der Waals surface area (Å²) in [6.45, 7) is 8.60. The van der Waals surface area contributed by atoms with Crippen LogP contribution in [0, 0.1) is 6.92 Å². The highest BCUT2D eigenvalue weighted by atomic mass is 16.5. The zero-order chi connectivity index (χ0) is 20.1. The minimum Gasteiger partial charge on any atom is -0.481 e. The predicted molar refractivity (Wildman–Crippen MR) is 112 cm³/mol. The molecule has 1 amide bonds. The van der Waals surface area contributed by atoms with E-state index >= 15 is 0 Å². The summed E-state index contributed by atoms with van der Waals surface area (Å²) in [5, 5.41) is 7.25. The van der Waals surface area contributed by atoms with Crippen LogP contribution < -0.4 is 10.1 Å². The van der Waals surface area contributed by atoms with Crippen LogP contribution in [-0.4, -0.2) is 21.8 Å². The molecule has 1 atom stereocenters. The molecule has 1 N–H and O–H groups in total. The lowest BCUT2D eigenvalue weighted by atomic mass is 10.0. The number of rotatable bonds is 7. The molecule has 5 nitrogen and oxygen atoms in total. The van der Waals surface area contributed by atoms with Crippen molar-refractivity contribution in [1.82, 2.24) is 9.78 Å². The van der Waals surface area contributed by atoms with Crippen molar-refractivity contribution in [2.45, 2.75) is 46.3 Å². The number of hydrogen-bond acceptors (Lipinski definition) is 3. The van der Waals surface area contributed by atoms with Crippen LogP contribution in [0.15, 0.2) is 60.8 Å². The number of hydrogen-bond donors (Lipinski definition) is 1. The van der Waals surface area contributed by atoms with Gasteiger partial charge in [0.2, 0.25) is 0 Å². The third-order valence-corrected chi connectivity index (χ3v) is 4.61. The number of aromatic nitrogens is 2. The van der Waals surface area contributed by atoms with Crippen LogP contribution in [0.25, 0.3) is 0 Å². The first-order valence-corrected chi connectivity index (χ1v) is 9.58. The van der Waals surface area contributed by atoms with E-state index in [1.807, 2.05) is 43.3 Å². The van der Waals surface area contributed by atoms with Crippen LogP contribution in [0.4, 0.5) is 5.82 Å². The summed E-state index contributed by atoms with van der Waals surface area (Å²) in [7, 11) is 0. The summed E-state index contributed by atoms with van der Waals surface area (Å²) in [6.07, 6.45) is 1.06. The Bertz CT molecular complexity index is 932. The van der Waals surface area contributed by atoms with Crippen molar-refractivity contribution < 1.29 is 9.53 Å². The third-order valence-electron chi connectivity index (χ3n) is 4.61. The molecule has 1 unspecified atom stereocenters. The Morgan fingerprint density at radius 3 is 2.57 bits per heavy atom. The van der Waals surface area contributed by atoms with Crippen molar-refractivity contribution in [3.63, 3.8) is 0 Å². The van der Waals surface area contributed by atoms with Crippen LogP contribution in [0.1, 0.15) is 43.4 Å². The minimum atomic E-state index is -0.626. The van der Waals surface area contributed by atoms with Crippen molar-refractivity contribution >= 4 is 11.7 Å². The smallest absolute Gasteiger partial charge is 0.266 e. The van der Waals surface area contributed by atoms with Gasteiger partial charge in [-0.2, -0.15) is 5.10 Å². The molecule has 0 bridgehead atoms. The van der Waals surface area contributed by atoms with E-state index in [-0.39, 0.29) is 5.91 Å². The average Bonchev–Trinajstić information content (AvgIpc) is 3.09. The Kier molecular flexibility index (Phi) is 6.14. The van der Waals surface area contributed by atoms with Crippen molar-refractivity contribution in [2.75, 3.05) is 5.32 Å². The number of nitrogens with zero attached hydrogens (tertiary/aromatic N) is 2. The Balaban J connectivity index is 1.69. The van der Waals surface area contributed by atoms with Gasteiger partial charge in [0, 0.05) is 6.07 Å². The number of carbonyl (C=O) groups is 1. The lowest BCUT2D eigenvalue weighted by molar-refractivity contribution is -0.122. The highest BCUT2D eigenvalue weighted by molar-refractivity contribution is 5.93. The maximum Gasteiger partial charge on any atom is 0.266 e. The number of anilines is 1. The van der Waals surface area contributed by atoms with Gasteiger partial charge >= 0.3 is 0 Å². The normalized spacial score (nSPS) is 12.0. The fourth-order valence-corrected chi connectivity index (χ4v) is 3.01.